The predicted octanol–water partition coefficient (Wildman–Crippen LogP) is 4.97. The van der Waals surface area contributed by atoms with Crippen LogP contribution in [-0.4, -0.2) is 28.1 Å². The van der Waals surface area contributed by atoms with E-state index in [1.54, 1.807) is 24.8 Å². The lowest BCUT2D eigenvalue weighted by Gasteiger charge is -2.09. The van der Waals surface area contributed by atoms with Crippen LogP contribution in [0.15, 0.2) is 45.8 Å². The number of aryl methyl sites for hydroxylation is 2. The van der Waals surface area contributed by atoms with Crippen molar-refractivity contribution in [3.8, 4) is 5.75 Å². The maximum atomic E-state index is 12.6. The smallest absolute Gasteiger partial charge is 0.340 e. The zero-order valence-corrected chi connectivity index (χ0v) is 18.5. The number of esters is 1. The van der Waals surface area contributed by atoms with E-state index in [4.69, 9.17) is 4.74 Å². The lowest BCUT2D eigenvalue weighted by Crippen LogP contribution is -2.18. The molecule has 3 rings (SSSR count). The lowest BCUT2D eigenvalue weighted by atomic mass is 10.1. The SMILES string of the molecule is CCOC(=O)c1c(CNCSc2ccc(C)cc2)n(C)c2cc(Br)c(O)cc12. The number of hydrogen-bond acceptors (Lipinski definition) is 5. The van der Waals surface area contributed by atoms with Crippen molar-refractivity contribution in [1.29, 1.82) is 0 Å². The third kappa shape index (κ3) is 4.37. The van der Waals surface area contributed by atoms with Crippen molar-refractivity contribution in [1.82, 2.24) is 9.88 Å². The molecule has 2 N–H and O–H groups in total. The number of benzene rings is 2. The number of carbonyl (C=O) groups excluding carboxylic acids is 1. The van der Waals surface area contributed by atoms with Gasteiger partial charge in [-0.3, -0.25) is 0 Å². The molecule has 148 valence electrons. The van der Waals surface area contributed by atoms with E-state index < -0.39 is 0 Å². The van der Waals surface area contributed by atoms with Crippen LogP contribution in [0, 0.1) is 6.92 Å². The summed E-state index contributed by atoms with van der Waals surface area (Å²) < 4.78 is 7.82. The maximum Gasteiger partial charge on any atom is 0.340 e. The van der Waals surface area contributed by atoms with E-state index in [9.17, 15) is 9.90 Å². The van der Waals surface area contributed by atoms with Crippen LogP contribution in [-0.2, 0) is 18.3 Å². The van der Waals surface area contributed by atoms with Gasteiger partial charge in [0.15, 0.2) is 0 Å². The number of hydrogen-bond donors (Lipinski definition) is 2. The number of aromatic hydroxyl groups is 1. The van der Waals surface area contributed by atoms with Crippen LogP contribution in [0.4, 0.5) is 0 Å². The van der Waals surface area contributed by atoms with Crippen LogP contribution < -0.4 is 5.32 Å². The van der Waals surface area contributed by atoms with Crippen LogP contribution in [0.2, 0.25) is 0 Å². The van der Waals surface area contributed by atoms with Crippen LogP contribution in [0.3, 0.4) is 0 Å². The average Bonchev–Trinajstić information content (AvgIpc) is 2.92. The highest BCUT2D eigenvalue weighted by Gasteiger charge is 2.23. The second-order valence-electron chi connectivity index (χ2n) is 6.45. The first kappa shape index (κ1) is 20.8. The van der Waals surface area contributed by atoms with Gasteiger partial charge in [0.05, 0.1) is 22.2 Å². The van der Waals surface area contributed by atoms with Gasteiger partial charge in [0.2, 0.25) is 0 Å². The first-order valence-corrected chi connectivity index (χ1v) is 10.8. The van der Waals surface area contributed by atoms with Gasteiger partial charge in [0.1, 0.15) is 5.75 Å². The molecule has 1 heterocycles. The largest absolute Gasteiger partial charge is 0.507 e. The Balaban J connectivity index is 1.84. The summed E-state index contributed by atoms with van der Waals surface area (Å²) >= 11 is 5.05. The second-order valence-corrected chi connectivity index (χ2v) is 8.35. The molecule has 0 aliphatic rings. The van der Waals surface area contributed by atoms with E-state index in [1.165, 1.54) is 10.5 Å². The molecule has 0 atom stereocenters. The van der Waals surface area contributed by atoms with E-state index >= 15 is 0 Å². The molecule has 0 aliphatic carbocycles. The Labute approximate surface area is 177 Å². The van der Waals surface area contributed by atoms with Crippen LogP contribution in [0.1, 0.15) is 28.5 Å². The third-order valence-corrected chi connectivity index (χ3v) is 6.11. The third-order valence-electron chi connectivity index (χ3n) is 4.52. The molecule has 2 aromatic carbocycles. The van der Waals surface area contributed by atoms with Crippen molar-refractivity contribution >= 4 is 44.6 Å². The van der Waals surface area contributed by atoms with Gasteiger partial charge in [-0.2, -0.15) is 0 Å². The minimum Gasteiger partial charge on any atom is -0.507 e. The highest BCUT2D eigenvalue weighted by Crippen LogP contribution is 2.34. The number of halogens is 1. The molecular formula is C21H23BrN2O3S. The van der Waals surface area contributed by atoms with E-state index in [2.05, 4.69) is 52.4 Å². The first-order chi connectivity index (χ1) is 13.4. The number of carbonyl (C=O) groups is 1. The van der Waals surface area contributed by atoms with Gasteiger partial charge in [-0.25, -0.2) is 4.79 Å². The number of fused-ring (bicyclic) bond motifs is 1. The molecule has 0 fully saturated rings. The van der Waals surface area contributed by atoms with Crippen LogP contribution in [0.25, 0.3) is 10.9 Å². The van der Waals surface area contributed by atoms with Gasteiger partial charge in [0.25, 0.3) is 0 Å². The second kappa shape index (κ2) is 9.03. The summed E-state index contributed by atoms with van der Waals surface area (Å²) in [6, 6.07) is 11.8. The Kier molecular flexibility index (Phi) is 6.69. The van der Waals surface area contributed by atoms with Crippen LogP contribution >= 0.6 is 27.7 Å². The molecule has 1 aromatic heterocycles. The average molecular weight is 463 g/mol. The topological polar surface area (TPSA) is 63.5 Å². The van der Waals surface area contributed by atoms with Gasteiger partial charge in [0, 0.05) is 35.4 Å². The number of nitrogens with one attached hydrogen (secondary N) is 1. The Morgan fingerprint density at radius 1 is 1.29 bits per heavy atom. The number of phenols is 1. The molecule has 0 radical (unpaired) electrons. The zero-order chi connectivity index (χ0) is 20.3. The summed E-state index contributed by atoms with van der Waals surface area (Å²) in [4.78, 5) is 13.8. The van der Waals surface area contributed by atoms with Crippen LogP contribution in [0.5, 0.6) is 5.75 Å². The van der Waals surface area contributed by atoms with Gasteiger partial charge in [-0.1, -0.05) is 17.7 Å². The molecule has 0 unspecified atom stereocenters. The Morgan fingerprint density at radius 2 is 2.00 bits per heavy atom. The summed E-state index contributed by atoms with van der Waals surface area (Å²) in [5.41, 5.74) is 3.42. The fourth-order valence-electron chi connectivity index (χ4n) is 3.07. The van der Waals surface area contributed by atoms with Crippen molar-refractivity contribution in [2.75, 3.05) is 12.5 Å². The standard InChI is InChI=1S/C21H23BrN2O3S/c1-4-27-21(26)20-15-9-19(25)16(22)10-17(15)24(3)18(20)11-23-12-28-14-7-5-13(2)6-8-14/h5-10,23,25H,4,11-12H2,1-3H3. The molecule has 5 nitrogen and oxygen atoms in total. The number of nitrogens with zero attached hydrogens (tertiary/aromatic N) is 1. The number of rotatable bonds is 7. The highest BCUT2D eigenvalue weighted by molar-refractivity contribution is 9.10. The number of phenolic OH excluding ortho intramolecular Hbond substituents is 1. The fraction of sp³-hybridized carbons (Fsp3) is 0.286. The Bertz CT molecular complexity index is 999. The quantitative estimate of drug-likeness (QED) is 0.224. The monoisotopic (exact) mass is 462 g/mol. The molecule has 0 bridgehead atoms. The summed E-state index contributed by atoms with van der Waals surface area (Å²) in [5.74, 6) is 0.429. The minimum absolute atomic E-state index is 0.0954. The molecule has 0 amide bonds. The van der Waals surface area contributed by atoms with Gasteiger partial charge >= 0.3 is 5.97 Å². The molecule has 3 aromatic rings. The maximum absolute atomic E-state index is 12.6. The fourth-order valence-corrected chi connectivity index (χ4v) is 4.10. The van der Waals surface area contributed by atoms with E-state index in [0.29, 0.717) is 34.5 Å². The molecule has 0 saturated heterocycles. The highest BCUT2D eigenvalue weighted by atomic mass is 79.9. The molecule has 28 heavy (non-hydrogen) atoms. The molecular weight excluding hydrogens is 440 g/mol. The number of ether oxygens (including phenoxy) is 1. The summed E-state index contributed by atoms with van der Waals surface area (Å²) in [6.45, 7) is 4.66. The lowest BCUT2D eigenvalue weighted by molar-refractivity contribution is 0.0527. The number of aromatic nitrogens is 1. The zero-order valence-electron chi connectivity index (χ0n) is 16.1. The van der Waals surface area contributed by atoms with Gasteiger partial charge < -0.3 is 19.7 Å². The predicted molar refractivity (Wildman–Crippen MR) is 117 cm³/mol. The van der Waals surface area contributed by atoms with Crippen molar-refractivity contribution in [2.45, 2.75) is 25.3 Å². The first-order valence-electron chi connectivity index (χ1n) is 8.99. The van der Waals surface area contributed by atoms with E-state index in [1.807, 2.05) is 17.7 Å². The normalized spacial score (nSPS) is 11.1. The summed E-state index contributed by atoms with van der Waals surface area (Å²) in [5, 5.41) is 14.2. The van der Waals surface area contributed by atoms with Gasteiger partial charge in [-0.15, -0.1) is 11.8 Å². The van der Waals surface area contributed by atoms with E-state index in [-0.39, 0.29) is 11.7 Å². The minimum atomic E-state index is -0.377. The summed E-state index contributed by atoms with van der Waals surface area (Å²) in [6.07, 6.45) is 0. The molecule has 0 saturated carbocycles. The molecule has 0 aliphatic heterocycles. The van der Waals surface area contributed by atoms with E-state index in [0.717, 1.165) is 11.2 Å². The van der Waals surface area contributed by atoms with Crippen molar-refractivity contribution in [3.63, 3.8) is 0 Å². The summed E-state index contributed by atoms with van der Waals surface area (Å²) in [7, 11) is 1.92. The Hall–Kier alpha value is -1.96. The van der Waals surface area contributed by atoms with Crippen molar-refractivity contribution in [3.05, 3.63) is 57.7 Å². The number of thioether (sulfide) groups is 1. The van der Waals surface area contributed by atoms with Crippen molar-refractivity contribution in [2.24, 2.45) is 7.05 Å². The molecule has 7 heteroatoms. The van der Waals surface area contributed by atoms with Crippen molar-refractivity contribution < 1.29 is 14.6 Å². The van der Waals surface area contributed by atoms with Gasteiger partial charge in [-0.05, 0) is 54.0 Å². The Morgan fingerprint density at radius 3 is 2.68 bits per heavy atom. The molecule has 0 spiro atoms.